The number of nitrogens with one attached hydrogen (secondary N) is 2. The van der Waals surface area contributed by atoms with Crippen LogP contribution in [0.4, 0.5) is 11.4 Å². The van der Waals surface area contributed by atoms with E-state index >= 15 is 0 Å². The van der Waals surface area contributed by atoms with Crippen LogP contribution in [0.25, 0.3) is 10.8 Å². The lowest BCUT2D eigenvalue weighted by molar-refractivity contribution is -0.142. The van der Waals surface area contributed by atoms with Crippen LogP contribution in [-0.4, -0.2) is 67.8 Å². The number of alkyl halides is 1. The molecule has 0 aromatic heterocycles. The van der Waals surface area contributed by atoms with Gasteiger partial charge >= 0.3 is 0 Å². The number of amides is 3. The summed E-state index contributed by atoms with van der Waals surface area (Å²) in [6.45, 7) is 6.20. The predicted molar refractivity (Wildman–Crippen MR) is 178 cm³/mol. The smallest absolute Gasteiger partial charge is 0.248 e. The van der Waals surface area contributed by atoms with Crippen molar-refractivity contribution in [2.24, 2.45) is 17.8 Å². The van der Waals surface area contributed by atoms with Crippen molar-refractivity contribution in [3.63, 3.8) is 0 Å². The Labute approximate surface area is 270 Å². The number of hydrogen-bond acceptors (Lipinski definition) is 6. The minimum Gasteiger partial charge on any atom is -0.494 e. The molecule has 8 nitrogen and oxygen atoms in total. The van der Waals surface area contributed by atoms with E-state index in [9.17, 15) is 19.5 Å². The van der Waals surface area contributed by atoms with Gasteiger partial charge in [0.15, 0.2) is 0 Å². The molecule has 3 amide bonds. The van der Waals surface area contributed by atoms with E-state index in [-0.39, 0.29) is 40.3 Å². The summed E-state index contributed by atoms with van der Waals surface area (Å²) in [6.07, 6.45) is 1.29. The highest BCUT2D eigenvalue weighted by molar-refractivity contribution is 9.09. The van der Waals surface area contributed by atoms with E-state index in [2.05, 4.69) is 26.6 Å². The number of carbonyl (C=O) groups excluding carboxylic acids is 3. The van der Waals surface area contributed by atoms with Gasteiger partial charge in [-0.2, -0.15) is 0 Å². The van der Waals surface area contributed by atoms with Gasteiger partial charge in [-0.3, -0.25) is 14.4 Å². The molecule has 3 fully saturated rings. The van der Waals surface area contributed by atoms with Crippen LogP contribution in [0.2, 0.25) is 0 Å². The highest BCUT2D eigenvalue weighted by atomic mass is 79.9. The molecule has 3 heterocycles. The van der Waals surface area contributed by atoms with Crippen LogP contribution < -0.4 is 15.4 Å². The topological polar surface area (TPSA) is 108 Å². The number of aliphatic hydroxyl groups is 1. The van der Waals surface area contributed by atoms with Gasteiger partial charge in [-0.05, 0) is 66.4 Å². The van der Waals surface area contributed by atoms with Gasteiger partial charge in [-0.15, -0.1) is 11.8 Å². The normalized spacial score (nSPS) is 28.5. The first-order chi connectivity index (χ1) is 21.2. The molecule has 10 heteroatoms. The number of halogens is 1. The molecule has 8 atom stereocenters. The number of likely N-dealkylation sites (tertiary alicyclic amines) is 1. The highest BCUT2D eigenvalue weighted by Gasteiger charge is 2.76. The summed E-state index contributed by atoms with van der Waals surface area (Å²) in [5, 5.41) is 18.6. The summed E-state index contributed by atoms with van der Waals surface area (Å²) < 4.78 is 4.71. The van der Waals surface area contributed by atoms with E-state index in [0.717, 1.165) is 17.2 Å². The fourth-order valence-corrected chi connectivity index (χ4v) is 10.9. The Kier molecular flexibility index (Phi) is 8.69. The van der Waals surface area contributed by atoms with E-state index in [1.807, 2.05) is 63.2 Å². The van der Waals surface area contributed by atoms with Crippen LogP contribution in [0.1, 0.15) is 33.6 Å². The van der Waals surface area contributed by atoms with Gasteiger partial charge in [-0.25, -0.2) is 0 Å². The van der Waals surface area contributed by atoms with Gasteiger partial charge in [0.05, 0.1) is 35.8 Å². The van der Waals surface area contributed by atoms with Crippen LogP contribution in [0.5, 0.6) is 5.75 Å². The summed E-state index contributed by atoms with van der Waals surface area (Å²) in [6, 6.07) is 19.5. The Balaban J connectivity index is 1.35. The van der Waals surface area contributed by atoms with Crippen LogP contribution in [0, 0.1) is 17.8 Å². The molecule has 3 aliphatic heterocycles. The molecular formula is C34H38BrN3O5S. The molecule has 0 aliphatic carbocycles. The van der Waals surface area contributed by atoms with E-state index in [0.29, 0.717) is 30.2 Å². The Morgan fingerprint density at radius 3 is 2.41 bits per heavy atom. The van der Waals surface area contributed by atoms with Gasteiger partial charge in [0.25, 0.3) is 0 Å². The van der Waals surface area contributed by atoms with Crippen LogP contribution in [0.15, 0.2) is 66.7 Å². The Morgan fingerprint density at radius 2 is 1.73 bits per heavy atom. The Morgan fingerprint density at radius 1 is 1.05 bits per heavy atom. The summed E-state index contributed by atoms with van der Waals surface area (Å²) in [5.74, 6) is -1.44. The zero-order valence-electron chi connectivity index (χ0n) is 25.0. The minimum absolute atomic E-state index is 0.0479. The number of rotatable bonds is 10. The molecular weight excluding hydrogens is 642 g/mol. The number of thioether (sulfide) groups is 1. The third kappa shape index (κ3) is 5.18. The monoisotopic (exact) mass is 679 g/mol. The molecule has 3 aromatic rings. The average molecular weight is 681 g/mol. The number of hydrogen-bond donors (Lipinski definition) is 3. The molecule has 3 saturated heterocycles. The average Bonchev–Trinajstić information content (AvgIpc) is 3.62. The number of aliphatic hydroxyl groups excluding tert-OH is 1. The maximum atomic E-state index is 14.5. The first kappa shape index (κ1) is 30.9. The number of ether oxygens (including phenoxy) is 1. The molecule has 2 bridgehead atoms. The Hall–Kier alpha value is -3.08. The number of nitrogens with zero attached hydrogens (tertiary/aromatic N) is 1. The molecule has 3 unspecified atom stereocenters. The molecule has 0 radical (unpaired) electrons. The lowest BCUT2D eigenvalue weighted by Crippen LogP contribution is -2.56. The van der Waals surface area contributed by atoms with Gasteiger partial charge in [0.1, 0.15) is 11.8 Å². The first-order valence-corrected chi connectivity index (χ1v) is 17.1. The number of benzene rings is 3. The van der Waals surface area contributed by atoms with Gasteiger partial charge < -0.3 is 25.4 Å². The summed E-state index contributed by atoms with van der Waals surface area (Å²) in [4.78, 5) is 44.5. The SMILES string of the molecule is CCOc1ccc(NC(=O)[C@H]2[C@H]3C(=O)N([C@@H](CO)[C@@H](C)CC)C(C(=O)Nc4ccc5ccccc5c4)C34CC(Br)[C@@H]2S4)cc1. The van der Waals surface area contributed by atoms with E-state index in [1.54, 1.807) is 40.9 Å². The summed E-state index contributed by atoms with van der Waals surface area (Å²) in [7, 11) is 0. The summed E-state index contributed by atoms with van der Waals surface area (Å²) >= 11 is 5.41. The quantitative estimate of drug-likeness (QED) is 0.238. The maximum absolute atomic E-state index is 14.5. The minimum atomic E-state index is -0.851. The largest absolute Gasteiger partial charge is 0.494 e. The van der Waals surface area contributed by atoms with Gasteiger partial charge in [0.2, 0.25) is 17.7 Å². The van der Waals surface area contributed by atoms with Crippen molar-refractivity contribution < 1.29 is 24.2 Å². The van der Waals surface area contributed by atoms with Crippen LogP contribution >= 0.6 is 27.7 Å². The van der Waals surface area contributed by atoms with Crippen molar-refractivity contribution >= 4 is 67.6 Å². The van der Waals surface area contributed by atoms with Crippen molar-refractivity contribution in [1.82, 2.24) is 4.90 Å². The molecule has 44 heavy (non-hydrogen) atoms. The molecule has 232 valence electrons. The second kappa shape index (κ2) is 12.4. The van der Waals surface area contributed by atoms with E-state index in [1.165, 1.54) is 0 Å². The third-order valence-electron chi connectivity index (χ3n) is 9.57. The van der Waals surface area contributed by atoms with Crippen molar-refractivity contribution in [1.29, 1.82) is 0 Å². The first-order valence-electron chi connectivity index (χ1n) is 15.3. The van der Waals surface area contributed by atoms with Crippen molar-refractivity contribution in [2.75, 3.05) is 23.8 Å². The number of anilines is 2. The third-order valence-corrected chi connectivity index (χ3v) is 12.8. The van der Waals surface area contributed by atoms with Gasteiger partial charge in [0, 0.05) is 21.5 Å². The fraction of sp³-hybridized carbons (Fsp3) is 0.441. The molecule has 1 spiro atoms. The lowest BCUT2D eigenvalue weighted by atomic mass is 9.70. The van der Waals surface area contributed by atoms with Crippen LogP contribution in [0.3, 0.4) is 0 Å². The van der Waals surface area contributed by atoms with Crippen LogP contribution in [-0.2, 0) is 14.4 Å². The fourth-order valence-electron chi connectivity index (χ4n) is 7.34. The van der Waals surface area contributed by atoms with Crippen molar-refractivity contribution in [3.8, 4) is 5.75 Å². The number of fused-ring (bicyclic) bond motifs is 2. The van der Waals surface area contributed by atoms with E-state index < -0.39 is 28.7 Å². The number of carbonyl (C=O) groups is 3. The lowest BCUT2D eigenvalue weighted by Gasteiger charge is -2.39. The summed E-state index contributed by atoms with van der Waals surface area (Å²) in [5.41, 5.74) is 1.26. The predicted octanol–water partition coefficient (Wildman–Crippen LogP) is 5.69. The Bertz CT molecular complexity index is 1570. The molecule has 6 rings (SSSR count). The van der Waals surface area contributed by atoms with E-state index in [4.69, 9.17) is 4.74 Å². The van der Waals surface area contributed by atoms with Crippen molar-refractivity contribution in [3.05, 3.63) is 66.7 Å². The standard InChI is InChI=1S/C34H38BrN3O5S/c1-4-19(3)26(18-39)38-30(32(41)37-23-11-10-20-8-6-7-9-21(20)16-23)34-17-25(35)29(44-34)27(28(34)33(38)42)31(40)36-22-12-14-24(15-13-22)43-5-2/h6-16,19,25-30,39H,4-5,17-18H2,1-3H3,(H,36,40)(H,37,41)/t19-,25?,26-,27-,28-,29-,30?,34?/m0/s1. The highest BCUT2D eigenvalue weighted by Crippen LogP contribution is 2.68. The molecule has 0 saturated carbocycles. The van der Waals surface area contributed by atoms with Crippen molar-refractivity contribution in [2.45, 2.75) is 60.5 Å². The second-order valence-electron chi connectivity index (χ2n) is 12.0. The zero-order valence-corrected chi connectivity index (χ0v) is 27.4. The molecule has 3 N–H and O–H groups in total. The second-order valence-corrected chi connectivity index (χ2v) is 14.8. The maximum Gasteiger partial charge on any atom is 0.248 e. The van der Waals surface area contributed by atoms with Gasteiger partial charge in [-0.1, -0.05) is 66.5 Å². The zero-order chi connectivity index (χ0) is 31.2. The molecule has 3 aromatic carbocycles. The molecule has 3 aliphatic rings.